The summed E-state index contributed by atoms with van der Waals surface area (Å²) in [5, 5.41) is 18.2. The molecule has 0 spiro atoms. The average molecular weight is 513 g/mol. The number of ether oxygens (including phenoxy) is 2. The molecule has 5 heteroatoms. The molecule has 0 aliphatic heterocycles. The summed E-state index contributed by atoms with van der Waals surface area (Å²) in [6.07, 6.45) is 2.77. The van der Waals surface area contributed by atoms with Crippen LogP contribution < -0.4 is 9.47 Å². The van der Waals surface area contributed by atoms with Gasteiger partial charge in [0.25, 0.3) is 0 Å². The van der Waals surface area contributed by atoms with Gasteiger partial charge in [-0.15, -0.1) is 0 Å². The Morgan fingerprint density at radius 2 is 1.44 bits per heavy atom. The Morgan fingerprint density at radius 3 is 1.92 bits per heavy atom. The third-order valence-corrected chi connectivity index (χ3v) is 3.67. The molecule has 0 bridgehead atoms. The van der Waals surface area contributed by atoms with E-state index >= 15 is 0 Å². The third-order valence-electron chi connectivity index (χ3n) is 3.67. The number of rotatable bonds is 10. The molecule has 2 aromatic carbocycles. The van der Waals surface area contributed by atoms with Crippen molar-refractivity contribution in [3.63, 3.8) is 0 Å². The molecule has 1 unspecified atom stereocenters. The Morgan fingerprint density at radius 1 is 0.920 bits per heavy atom. The summed E-state index contributed by atoms with van der Waals surface area (Å²) in [7, 11) is 0. The molecule has 136 valence electrons. The van der Waals surface area contributed by atoms with Crippen LogP contribution in [0.25, 0.3) is 0 Å². The Labute approximate surface area is 164 Å². The Kier molecular flexibility index (Phi) is 10.5. The van der Waals surface area contributed by atoms with Gasteiger partial charge in [0.2, 0.25) is 0 Å². The topological polar surface area (TPSA) is 58.9 Å². The third kappa shape index (κ3) is 8.04. The Hall–Kier alpha value is -1.35. The van der Waals surface area contributed by atoms with Crippen LogP contribution in [0.4, 0.5) is 0 Å². The van der Waals surface area contributed by atoms with Gasteiger partial charge in [-0.2, -0.15) is 0 Å². The van der Waals surface area contributed by atoms with Crippen molar-refractivity contribution in [1.29, 1.82) is 0 Å². The molecule has 0 radical (unpaired) electrons. The Bertz CT molecular complexity index is 584. The van der Waals surface area contributed by atoms with E-state index in [9.17, 15) is 5.11 Å². The standard InChI is InChI=1S/C20H25O4.W/c1-2-18(22)15-24-20-10-6-17(7-11-20)14-16-4-8-19(9-5-16)23-13-3-12-21;/h3-11,18,21-22H,2,12-15H2,1H3;/q-1;. The molecule has 0 saturated carbocycles. The van der Waals surface area contributed by atoms with Gasteiger partial charge in [0.1, 0.15) is 18.1 Å². The van der Waals surface area contributed by atoms with E-state index in [4.69, 9.17) is 14.6 Å². The first-order valence-electron chi connectivity index (χ1n) is 8.25. The van der Waals surface area contributed by atoms with Gasteiger partial charge in [-0.25, -0.2) is 0 Å². The van der Waals surface area contributed by atoms with E-state index in [-0.39, 0.29) is 27.7 Å². The van der Waals surface area contributed by atoms with E-state index in [0.717, 1.165) is 17.9 Å². The molecular formula is C20H25O4W-. The van der Waals surface area contributed by atoms with E-state index in [0.29, 0.717) is 19.6 Å². The summed E-state index contributed by atoms with van der Waals surface area (Å²) in [6, 6.07) is 15.9. The van der Waals surface area contributed by atoms with Gasteiger partial charge in [-0.3, -0.25) is 6.42 Å². The second-order valence-corrected chi connectivity index (χ2v) is 5.62. The van der Waals surface area contributed by atoms with E-state index in [2.05, 4.69) is 0 Å². The molecule has 1 atom stereocenters. The maximum atomic E-state index is 9.51. The molecule has 25 heavy (non-hydrogen) atoms. The van der Waals surface area contributed by atoms with Crippen molar-refractivity contribution in [2.24, 2.45) is 0 Å². The molecule has 0 amide bonds. The van der Waals surface area contributed by atoms with Crippen LogP contribution in [0.15, 0.2) is 48.5 Å². The fraction of sp³-hybridized carbons (Fsp3) is 0.350. The van der Waals surface area contributed by atoms with Crippen LogP contribution in [0.5, 0.6) is 11.5 Å². The predicted molar refractivity (Wildman–Crippen MR) is 94.4 cm³/mol. The van der Waals surface area contributed by atoms with Crippen LogP contribution in [0.3, 0.4) is 0 Å². The molecular weight excluding hydrogens is 488 g/mol. The number of aliphatic hydroxyl groups excluding tert-OH is 2. The first-order valence-corrected chi connectivity index (χ1v) is 8.25. The zero-order valence-corrected chi connectivity index (χ0v) is 17.4. The molecule has 2 rings (SSSR count). The predicted octanol–water partition coefficient (Wildman–Crippen LogP) is 3.00. The van der Waals surface area contributed by atoms with Crippen molar-refractivity contribution < 1.29 is 40.8 Å². The second kappa shape index (κ2) is 12.1. The summed E-state index contributed by atoms with van der Waals surface area (Å²) < 4.78 is 11.0. The summed E-state index contributed by atoms with van der Waals surface area (Å²) in [5.74, 6) is 1.57. The van der Waals surface area contributed by atoms with Crippen molar-refractivity contribution in [3.8, 4) is 11.5 Å². The second-order valence-electron chi connectivity index (χ2n) is 5.62. The van der Waals surface area contributed by atoms with Crippen LogP contribution in [0.1, 0.15) is 24.5 Å². The summed E-state index contributed by atoms with van der Waals surface area (Å²) in [5.41, 5.74) is 2.39. The van der Waals surface area contributed by atoms with Crippen molar-refractivity contribution in [1.82, 2.24) is 0 Å². The molecule has 2 N–H and O–H groups in total. The number of aliphatic hydroxyl groups is 2. The van der Waals surface area contributed by atoms with Gasteiger partial charge < -0.3 is 19.7 Å². The molecule has 4 nitrogen and oxygen atoms in total. The van der Waals surface area contributed by atoms with Crippen molar-refractivity contribution in [2.75, 3.05) is 19.8 Å². The molecule has 2 aromatic rings. The fourth-order valence-electron chi connectivity index (χ4n) is 2.16. The van der Waals surface area contributed by atoms with Crippen LogP contribution in [0.2, 0.25) is 0 Å². The van der Waals surface area contributed by atoms with E-state index in [1.807, 2.05) is 55.5 Å². The fourth-order valence-corrected chi connectivity index (χ4v) is 2.16. The monoisotopic (exact) mass is 513 g/mol. The minimum Gasteiger partial charge on any atom is -0.525 e. The summed E-state index contributed by atoms with van der Waals surface area (Å²) >= 11 is 0. The first kappa shape index (κ1) is 21.7. The molecule has 0 saturated heterocycles. The SMILES string of the molecule is CCC(O)COc1ccc(Cc2ccc(OC[CH-]CO)cc2)cc1.[W]. The zero-order valence-electron chi connectivity index (χ0n) is 14.4. The molecule has 0 aromatic heterocycles. The summed E-state index contributed by atoms with van der Waals surface area (Å²) in [6.45, 7) is 2.68. The van der Waals surface area contributed by atoms with E-state index < -0.39 is 6.10 Å². The maximum Gasteiger partial charge on any atom is 0.119 e. The zero-order chi connectivity index (χ0) is 17.2. The smallest absolute Gasteiger partial charge is 0.119 e. The van der Waals surface area contributed by atoms with Gasteiger partial charge in [-0.1, -0.05) is 37.8 Å². The molecule has 0 heterocycles. The molecule has 0 aliphatic carbocycles. The van der Waals surface area contributed by atoms with Crippen molar-refractivity contribution >= 4 is 0 Å². The van der Waals surface area contributed by atoms with Crippen molar-refractivity contribution in [2.45, 2.75) is 25.9 Å². The quantitative estimate of drug-likeness (QED) is 0.379. The molecule has 0 aliphatic rings. The van der Waals surface area contributed by atoms with Gasteiger partial charge >= 0.3 is 0 Å². The maximum absolute atomic E-state index is 9.51. The number of hydrogen-bond donors (Lipinski definition) is 2. The van der Waals surface area contributed by atoms with Gasteiger partial charge in [0.15, 0.2) is 0 Å². The van der Waals surface area contributed by atoms with E-state index in [1.54, 1.807) is 6.42 Å². The summed E-state index contributed by atoms with van der Waals surface area (Å²) in [4.78, 5) is 0. The largest absolute Gasteiger partial charge is 0.525 e. The Balaban J connectivity index is 0.00000312. The van der Waals surface area contributed by atoms with Crippen LogP contribution in [-0.2, 0) is 27.5 Å². The average Bonchev–Trinajstić information content (AvgIpc) is 2.62. The van der Waals surface area contributed by atoms with Crippen LogP contribution in [-0.4, -0.2) is 36.1 Å². The first-order chi connectivity index (χ1) is 11.7. The van der Waals surface area contributed by atoms with Gasteiger partial charge in [-0.05, 0) is 54.8 Å². The van der Waals surface area contributed by atoms with Crippen LogP contribution >= 0.6 is 0 Å². The normalized spacial score (nSPS) is 11.5. The van der Waals surface area contributed by atoms with Crippen molar-refractivity contribution in [3.05, 3.63) is 66.1 Å². The molecule has 0 fully saturated rings. The van der Waals surface area contributed by atoms with Crippen LogP contribution in [0, 0.1) is 6.42 Å². The minimum absolute atomic E-state index is 0. The van der Waals surface area contributed by atoms with Gasteiger partial charge in [0.05, 0.1) is 6.10 Å². The van der Waals surface area contributed by atoms with E-state index in [1.165, 1.54) is 11.1 Å². The number of benzene rings is 2. The number of hydrogen-bond acceptors (Lipinski definition) is 4. The van der Waals surface area contributed by atoms with Gasteiger partial charge in [0, 0.05) is 21.1 Å². The minimum atomic E-state index is -0.416.